The Morgan fingerprint density at radius 2 is 1.95 bits per heavy atom. The second-order valence-electron chi connectivity index (χ2n) is 5.33. The van der Waals surface area contributed by atoms with Crippen LogP contribution in [-0.2, 0) is 13.8 Å². The molecule has 0 saturated heterocycles. The largest absolute Gasteiger partial charge is 0.482 e. The van der Waals surface area contributed by atoms with Gasteiger partial charge in [0.15, 0.2) is 6.61 Å². The van der Waals surface area contributed by atoms with E-state index in [2.05, 4.69) is 5.32 Å². The highest BCUT2D eigenvalue weighted by Gasteiger charge is 2.20. The molecule has 1 N–H and O–H groups in total. The van der Waals surface area contributed by atoms with Gasteiger partial charge in [0.05, 0.1) is 0 Å². The van der Waals surface area contributed by atoms with Gasteiger partial charge in [-0.05, 0) is 37.0 Å². The van der Waals surface area contributed by atoms with E-state index in [0.717, 1.165) is 5.56 Å². The number of ether oxygens (including phenoxy) is 1. The van der Waals surface area contributed by atoms with Crippen molar-refractivity contribution in [1.29, 1.82) is 0 Å². The summed E-state index contributed by atoms with van der Waals surface area (Å²) in [7, 11) is 1.48. The minimum atomic E-state index is -3.94. The van der Waals surface area contributed by atoms with E-state index in [4.69, 9.17) is 15.4 Å². The van der Waals surface area contributed by atoms with Gasteiger partial charge in [0, 0.05) is 17.2 Å². The van der Waals surface area contributed by atoms with E-state index >= 15 is 0 Å². The number of aryl methyl sites for hydroxylation is 2. The van der Waals surface area contributed by atoms with Gasteiger partial charge < -0.3 is 10.1 Å². The van der Waals surface area contributed by atoms with Crippen LogP contribution in [0.2, 0.25) is 0 Å². The van der Waals surface area contributed by atoms with Gasteiger partial charge in [0.2, 0.25) is 0 Å². The van der Waals surface area contributed by atoms with Gasteiger partial charge in [-0.15, -0.1) is 0 Å². The van der Waals surface area contributed by atoms with Crippen molar-refractivity contribution in [3.63, 3.8) is 0 Å². The van der Waals surface area contributed by atoms with Crippen LogP contribution in [0.1, 0.15) is 25.0 Å². The maximum Gasteiger partial charge on any atom is 0.265 e. The number of hydrogen-bond acceptors (Lipinski definition) is 4. The molecule has 118 valence electrons. The first kappa shape index (κ1) is 17.8. The third kappa shape index (κ3) is 5.55. The Morgan fingerprint density at radius 3 is 2.48 bits per heavy atom. The molecule has 0 unspecified atom stereocenters. The summed E-state index contributed by atoms with van der Waals surface area (Å²) in [5.74, 6) is 0.144. The molecule has 21 heavy (non-hydrogen) atoms. The van der Waals surface area contributed by atoms with E-state index in [9.17, 15) is 13.2 Å². The summed E-state index contributed by atoms with van der Waals surface area (Å²) in [6.45, 7) is 7.70. The highest BCUT2D eigenvalue weighted by Crippen LogP contribution is 2.31. The molecule has 0 aliphatic rings. The molecule has 0 heterocycles. The fourth-order valence-electron chi connectivity index (χ4n) is 1.79. The van der Waals surface area contributed by atoms with Crippen LogP contribution in [0.5, 0.6) is 5.75 Å². The molecule has 5 nitrogen and oxygen atoms in total. The van der Waals surface area contributed by atoms with Crippen LogP contribution >= 0.6 is 10.7 Å². The number of benzene rings is 1. The summed E-state index contributed by atoms with van der Waals surface area (Å²) in [5.41, 5.74) is 1.37. The fourth-order valence-corrected chi connectivity index (χ4v) is 2.90. The van der Waals surface area contributed by atoms with Gasteiger partial charge >= 0.3 is 0 Å². The normalized spacial score (nSPS) is 11.5. The van der Waals surface area contributed by atoms with Crippen molar-refractivity contribution in [1.82, 2.24) is 5.32 Å². The van der Waals surface area contributed by atoms with E-state index in [1.807, 2.05) is 13.8 Å². The third-order valence-electron chi connectivity index (χ3n) is 2.70. The third-order valence-corrected chi connectivity index (χ3v) is 4.03. The van der Waals surface area contributed by atoms with Gasteiger partial charge in [-0.25, -0.2) is 8.42 Å². The molecule has 0 radical (unpaired) electrons. The van der Waals surface area contributed by atoms with Crippen LogP contribution in [0, 0.1) is 19.8 Å². The summed E-state index contributed by atoms with van der Waals surface area (Å²) in [6.07, 6.45) is 0. The molecular weight excluding hydrogens is 314 g/mol. The van der Waals surface area contributed by atoms with Crippen LogP contribution < -0.4 is 10.1 Å². The molecule has 0 fully saturated rings. The zero-order valence-corrected chi connectivity index (χ0v) is 14.1. The Morgan fingerprint density at radius 1 is 1.33 bits per heavy atom. The van der Waals surface area contributed by atoms with E-state index in [1.165, 1.54) is 6.07 Å². The molecule has 1 aromatic rings. The predicted octanol–water partition coefficient (Wildman–Crippen LogP) is 2.38. The lowest BCUT2D eigenvalue weighted by atomic mass is 10.1. The lowest BCUT2D eigenvalue weighted by Crippen LogP contribution is -2.32. The molecule has 0 aliphatic heterocycles. The maximum atomic E-state index is 11.6. The smallest absolute Gasteiger partial charge is 0.265 e. The van der Waals surface area contributed by atoms with Gasteiger partial charge in [-0.1, -0.05) is 19.9 Å². The van der Waals surface area contributed by atoms with E-state index < -0.39 is 9.05 Å². The zero-order valence-electron chi connectivity index (χ0n) is 12.6. The maximum absolute atomic E-state index is 11.6. The monoisotopic (exact) mass is 333 g/mol. The average molecular weight is 334 g/mol. The van der Waals surface area contributed by atoms with E-state index in [0.29, 0.717) is 18.0 Å². The minimum Gasteiger partial charge on any atom is -0.482 e. The average Bonchev–Trinajstić information content (AvgIpc) is 2.33. The lowest BCUT2D eigenvalue weighted by Gasteiger charge is -2.14. The minimum absolute atomic E-state index is 0.113. The van der Waals surface area contributed by atoms with Crippen LogP contribution in [0.15, 0.2) is 17.0 Å². The predicted molar refractivity (Wildman–Crippen MR) is 82.3 cm³/mol. The van der Waals surface area contributed by atoms with Gasteiger partial charge in [-0.2, -0.15) is 0 Å². The summed E-state index contributed by atoms with van der Waals surface area (Å²) in [4.78, 5) is 11.5. The van der Waals surface area contributed by atoms with Crippen molar-refractivity contribution in [3.05, 3.63) is 23.3 Å². The number of carbonyl (C=O) groups is 1. The Kier molecular flexibility index (Phi) is 6.04. The van der Waals surface area contributed by atoms with Crippen LogP contribution in [0.3, 0.4) is 0 Å². The number of amides is 1. The van der Waals surface area contributed by atoms with Crippen LogP contribution in [0.25, 0.3) is 0 Å². The van der Waals surface area contributed by atoms with E-state index in [1.54, 1.807) is 19.9 Å². The van der Waals surface area contributed by atoms with Crippen molar-refractivity contribution in [2.45, 2.75) is 32.6 Å². The van der Waals surface area contributed by atoms with Gasteiger partial charge in [0.25, 0.3) is 15.0 Å². The first-order valence-electron chi connectivity index (χ1n) is 6.56. The molecule has 1 amide bonds. The first-order valence-corrected chi connectivity index (χ1v) is 8.87. The summed E-state index contributed by atoms with van der Waals surface area (Å²) in [5, 5.41) is 2.70. The molecule has 0 saturated carbocycles. The Balaban J connectivity index is 2.91. The standard InChI is InChI=1S/C14H20ClNO4S/c1-9(2)7-16-13(17)8-20-14-11(4)5-10(3)6-12(14)21(15,18)19/h5-6,9H,7-8H2,1-4H3,(H,16,17). The molecule has 7 heteroatoms. The van der Waals surface area contributed by atoms with Crippen molar-refractivity contribution < 1.29 is 17.9 Å². The molecule has 0 bridgehead atoms. The molecule has 1 aromatic carbocycles. The molecule has 0 spiro atoms. The number of halogens is 1. The Bertz CT molecular complexity index is 626. The summed E-state index contributed by atoms with van der Waals surface area (Å²) < 4.78 is 28.6. The Labute approximate surface area is 130 Å². The molecule has 0 aliphatic carbocycles. The summed E-state index contributed by atoms with van der Waals surface area (Å²) >= 11 is 0. The fraction of sp³-hybridized carbons (Fsp3) is 0.500. The van der Waals surface area contributed by atoms with Crippen molar-refractivity contribution in [2.75, 3.05) is 13.2 Å². The SMILES string of the molecule is Cc1cc(C)c(OCC(=O)NCC(C)C)c(S(=O)(=O)Cl)c1. The molecule has 0 aromatic heterocycles. The number of carbonyl (C=O) groups excluding carboxylic acids is 1. The summed E-state index contributed by atoms with van der Waals surface area (Å²) in [6, 6.07) is 3.20. The van der Waals surface area contributed by atoms with Crippen molar-refractivity contribution >= 4 is 25.6 Å². The zero-order chi connectivity index (χ0) is 16.2. The number of rotatable bonds is 6. The van der Waals surface area contributed by atoms with Gasteiger partial charge in [-0.3, -0.25) is 4.79 Å². The highest BCUT2D eigenvalue weighted by atomic mass is 35.7. The Hall–Kier alpha value is -1.27. The number of hydrogen-bond donors (Lipinski definition) is 1. The highest BCUT2D eigenvalue weighted by molar-refractivity contribution is 8.13. The second kappa shape index (κ2) is 7.13. The quantitative estimate of drug-likeness (QED) is 0.811. The topological polar surface area (TPSA) is 72.5 Å². The van der Waals surface area contributed by atoms with E-state index in [-0.39, 0.29) is 23.2 Å². The lowest BCUT2D eigenvalue weighted by molar-refractivity contribution is -0.123. The molecule has 0 atom stereocenters. The molecular formula is C14H20ClNO4S. The van der Waals surface area contributed by atoms with Gasteiger partial charge in [0.1, 0.15) is 10.6 Å². The van der Waals surface area contributed by atoms with Crippen LogP contribution in [-0.4, -0.2) is 27.5 Å². The first-order chi connectivity index (χ1) is 9.61. The molecule has 1 rings (SSSR count). The second-order valence-corrected chi connectivity index (χ2v) is 7.87. The van der Waals surface area contributed by atoms with Crippen LogP contribution in [0.4, 0.5) is 0 Å². The van der Waals surface area contributed by atoms with Crippen molar-refractivity contribution in [2.24, 2.45) is 5.92 Å². The number of nitrogens with one attached hydrogen (secondary N) is 1. The van der Waals surface area contributed by atoms with Crippen molar-refractivity contribution in [3.8, 4) is 5.75 Å².